The van der Waals surface area contributed by atoms with Crippen molar-refractivity contribution >= 4 is 17.0 Å². The lowest BCUT2D eigenvalue weighted by Crippen LogP contribution is -2.31. The van der Waals surface area contributed by atoms with Crippen molar-refractivity contribution < 1.29 is 13.9 Å². The molecule has 0 amide bonds. The van der Waals surface area contributed by atoms with E-state index in [0.717, 1.165) is 36.4 Å². The highest BCUT2D eigenvalue weighted by atomic mass is 79.9. The van der Waals surface area contributed by atoms with Gasteiger partial charge in [-0.3, -0.25) is 0 Å². The topological polar surface area (TPSA) is 30.5 Å². The molecule has 0 aliphatic carbocycles. The monoisotopic (exact) mass is 381 g/mol. The summed E-state index contributed by atoms with van der Waals surface area (Å²) in [5, 5.41) is 3.51. The van der Waals surface area contributed by atoms with Gasteiger partial charge in [0.1, 0.15) is 5.82 Å². The predicted molar refractivity (Wildman–Crippen MR) is 94.4 cm³/mol. The number of rotatable bonds is 4. The summed E-state index contributed by atoms with van der Waals surface area (Å²) in [6.07, 6.45) is 1.70. The van der Waals surface area contributed by atoms with Crippen LogP contribution >= 0.6 is 17.0 Å². The molecule has 1 heterocycles. The second-order valence-electron chi connectivity index (χ2n) is 5.50. The molecular weight excluding hydrogens is 361 g/mol. The molecule has 1 aliphatic rings. The van der Waals surface area contributed by atoms with Crippen molar-refractivity contribution in [3.05, 3.63) is 58.9 Å². The highest BCUT2D eigenvalue weighted by Gasteiger charge is 2.22. The zero-order valence-corrected chi connectivity index (χ0v) is 15.0. The first kappa shape index (κ1) is 17.8. The van der Waals surface area contributed by atoms with Crippen LogP contribution < -0.4 is 14.8 Å². The van der Waals surface area contributed by atoms with Gasteiger partial charge in [-0.25, -0.2) is 4.39 Å². The summed E-state index contributed by atoms with van der Waals surface area (Å²) in [6.45, 7) is 0.905. The van der Waals surface area contributed by atoms with E-state index in [1.54, 1.807) is 26.4 Å². The van der Waals surface area contributed by atoms with E-state index in [2.05, 4.69) is 5.32 Å². The van der Waals surface area contributed by atoms with Crippen LogP contribution in [-0.4, -0.2) is 20.8 Å². The third-order valence-electron chi connectivity index (χ3n) is 4.13. The van der Waals surface area contributed by atoms with Gasteiger partial charge in [0.15, 0.2) is 11.5 Å². The molecule has 1 N–H and O–H groups in total. The van der Waals surface area contributed by atoms with Gasteiger partial charge in [-0.2, -0.15) is 0 Å². The summed E-state index contributed by atoms with van der Waals surface area (Å²) in [5.41, 5.74) is 3.45. The minimum atomic E-state index is -0.194. The van der Waals surface area contributed by atoms with Crippen molar-refractivity contribution in [2.45, 2.75) is 18.9 Å². The summed E-state index contributed by atoms with van der Waals surface area (Å²) in [5.74, 6) is 1.29. The lowest BCUT2D eigenvalue weighted by Gasteiger charge is -2.28. The summed E-state index contributed by atoms with van der Waals surface area (Å²) in [6, 6.07) is 11.0. The van der Waals surface area contributed by atoms with E-state index in [1.165, 1.54) is 17.2 Å². The van der Waals surface area contributed by atoms with Crippen LogP contribution in [0.15, 0.2) is 36.4 Å². The van der Waals surface area contributed by atoms with Crippen molar-refractivity contribution in [1.82, 2.24) is 5.32 Å². The highest BCUT2D eigenvalue weighted by molar-refractivity contribution is 8.93. The lowest BCUT2D eigenvalue weighted by atomic mass is 9.90. The van der Waals surface area contributed by atoms with Crippen LogP contribution in [0, 0.1) is 5.82 Å². The number of fused-ring (bicyclic) bond motifs is 1. The standard InChI is InChI=1S/C18H20FNO2.BrH/c1-21-17-10-13-6-7-20-16(15(13)11-18(17)22-2)9-12-4-3-5-14(19)8-12;/h3-5,8,10-11,16,20H,6-7,9H2,1-2H3;1H. The number of ether oxygens (including phenoxy) is 2. The zero-order valence-electron chi connectivity index (χ0n) is 13.3. The summed E-state index contributed by atoms with van der Waals surface area (Å²) >= 11 is 0. The van der Waals surface area contributed by atoms with Crippen LogP contribution in [0.5, 0.6) is 11.5 Å². The minimum Gasteiger partial charge on any atom is -0.493 e. The molecule has 23 heavy (non-hydrogen) atoms. The molecule has 124 valence electrons. The Kier molecular flexibility index (Phi) is 6.02. The summed E-state index contributed by atoms with van der Waals surface area (Å²) in [4.78, 5) is 0. The SMILES string of the molecule is Br.COc1cc2c(cc1OC)C(Cc1cccc(F)c1)NCC2. The molecular formula is C18H21BrFNO2. The zero-order chi connectivity index (χ0) is 15.5. The lowest BCUT2D eigenvalue weighted by molar-refractivity contribution is 0.352. The first-order valence-corrected chi connectivity index (χ1v) is 7.44. The van der Waals surface area contributed by atoms with Crippen LogP contribution in [0.2, 0.25) is 0 Å². The van der Waals surface area contributed by atoms with Crippen LogP contribution in [0.4, 0.5) is 4.39 Å². The van der Waals surface area contributed by atoms with E-state index in [0.29, 0.717) is 0 Å². The maximum Gasteiger partial charge on any atom is 0.161 e. The molecule has 1 atom stereocenters. The summed E-state index contributed by atoms with van der Waals surface area (Å²) in [7, 11) is 3.29. The molecule has 0 saturated carbocycles. The number of hydrogen-bond acceptors (Lipinski definition) is 3. The molecule has 0 radical (unpaired) electrons. The average Bonchev–Trinajstić information content (AvgIpc) is 2.54. The van der Waals surface area contributed by atoms with E-state index in [-0.39, 0.29) is 28.8 Å². The first-order valence-electron chi connectivity index (χ1n) is 7.44. The molecule has 0 saturated heterocycles. The van der Waals surface area contributed by atoms with Gasteiger partial charge < -0.3 is 14.8 Å². The van der Waals surface area contributed by atoms with E-state index >= 15 is 0 Å². The Morgan fingerprint density at radius 3 is 2.57 bits per heavy atom. The van der Waals surface area contributed by atoms with Gasteiger partial charge in [-0.1, -0.05) is 12.1 Å². The predicted octanol–water partition coefficient (Wildman–Crippen LogP) is 3.85. The molecule has 0 bridgehead atoms. The van der Waals surface area contributed by atoms with Gasteiger partial charge >= 0.3 is 0 Å². The second-order valence-corrected chi connectivity index (χ2v) is 5.50. The van der Waals surface area contributed by atoms with Gasteiger partial charge in [-0.15, -0.1) is 17.0 Å². The third-order valence-corrected chi connectivity index (χ3v) is 4.13. The quantitative estimate of drug-likeness (QED) is 0.872. The van der Waals surface area contributed by atoms with Gasteiger partial charge in [0.25, 0.3) is 0 Å². The van der Waals surface area contributed by atoms with E-state index in [1.807, 2.05) is 18.2 Å². The minimum absolute atomic E-state index is 0. The van der Waals surface area contributed by atoms with Gasteiger partial charge in [0.2, 0.25) is 0 Å². The van der Waals surface area contributed by atoms with Crippen molar-refractivity contribution in [3.63, 3.8) is 0 Å². The van der Waals surface area contributed by atoms with Crippen molar-refractivity contribution in [2.24, 2.45) is 0 Å². The van der Waals surface area contributed by atoms with E-state index < -0.39 is 0 Å². The molecule has 2 aromatic carbocycles. The summed E-state index contributed by atoms with van der Waals surface area (Å²) < 4.78 is 24.2. The molecule has 1 unspecified atom stereocenters. The van der Waals surface area contributed by atoms with Crippen LogP contribution in [-0.2, 0) is 12.8 Å². The third kappa shape index (κ3) is 3.85. The molecule has 0 fully saturated rings. The highest BCUT2D eigenvalue weighted by Crippen LogP contribution is 2.36. The van der Waals surface area contributed by atoms with Crippen LogP contribution in [0.25, 0.3) is 0 Å². The molecule has 0 spiro atoms. The molecule has 2 aromatic rings. The fourth-order valence-electron chi connectivity index (χ4n) is 3.05. The number of halogens is 2. The Labute approximate surface area is 146 Å². The van der Waals surface area contributed by atoms with Crippen LogP contribution in [0.1, 0.15) is 22.7 Å². The van der Waals surface area contributed by atoms with Gasteiger partial charge in [0.05, 0.1) is 14.2 Å². The molecule has 3 nitrogen and oxygen atoms in total. The fourth-order valence-corrected chi connectivity index (χ4v) is 3.05. The molecule has 5 heteroatoms. The second kappa shape index (κ2) is 7.79. The normalized spacial score (nSPS) is 16.2. The Hall–Kier alpha value is -1.59. The van der Waals surface area contributed by atoms with Crippen molar-refractivity contribution in [2.75, 3.05) is 20.8 Å². The van der Waals surface area contributed by atoms with E-state index in [4.69, 9.17) is 9.47 Å². The van der Waals surface area contributed by atoms with Crippen LogP contribution in [0.3, 0.4) is 0 Å². The maximum absolute atomic E-state index is 13.4. The number of benzene rings is 2. The van der Waals surface area contributed by atoms with Crippen molar-refractivity contribution in [1.29, 1.82) is 0 Å². The molecule has 0 aromatic heterocycles. The smallest absolute Gasteiger partial charge is 0.161 e. The van der Waals surface area contributed by atoms with Crippen molar-refractivity contribution in [3.8, 4) is 11.5 Å². The largest absolute Gasteiger partial charge is 0.493 e. The number of methoxy groups -OCH3 is 2. The Morgan fingerprint density at radius 1 is 1.13 bits per heavy atom. The molecule has 1 aliphatic heterocycles. The Bertz CT molecular complexity index is 678. The Balaban J connectivity index is 0.00000192. The molecule has 3 rings (SSSR count). The fraction of sp³-hybridized carbons (Fsp3) is 0.333. The maximum atomic E-state index is 13.4. The average molecular weight is 382 g/mol. The first-order chi connectivity index (χ1) is 10.7. The van der Waals surface area contributed by atoms with E-state index in [9.17, 15) is 4.39 Å². The Morgan fingerprint density at radius 2 is 1.87 bits per heavy atom. The number of nitrogens with one attached hydrogen (secondary N) is 1. The number of hydrogen-bond donors (Lipinski definition) is 1. The van der Waals surface area contributed by atoms with Gasteiger partial charge in [0, 0.05) is 6.04 Å². The van der Waals surface area contributed by atoms with Gasteiger partial charge in [-0.05, 0) is 60.3 Å².